The predicted octanol–water partition coefficient (Wildman–Crippen LogP) is 13.2. The maximum absolute atomic E-state index is 6.48. The Kier molecular flexibility index (Phi) is 6.84. The zero-order chi connectivity index (χ0) is 31.9. The molecule has 226 valence electrons. The predicted molar refractivity (Wildman–Crippen MR) is 202 cm³/mol. The summed E-state index contributed by atoms with van der Waals surface area (Å²) in [7, 11) is 0. The van der Waals surface area contributed by atoms with Crippen LogP contribution in [0.3, 0.4) is 0 Å². The Morgan fingerprint density at radius 2 is 0.917 bits per heavy atom. The van der Waals surface area contributed by atoms with Crippen LogP contribution in [0.1, 0.15) is 0 Å². The summed E-state index contributed by atoms with van der Waals surface area (Å²) in [4.78, 5) is 2.41. The first-order valence-corrected chi connectivity index (χ1v) is 16.3. The third-order valence-corrected chi connectivity index (χ3v) is 9.22. The number of hydrogen-bond donors (Lipinski definition) is 0. The van der Waals surface area contributed by atoms with E-state index in [0.717, 1.165) is 50.1 Å². The molecule has 0 aliphatic rings. The summed E-state index contributed by atoms with van der Waals surface area (Å²) in [5, 5.41) is 4.65. The van der Waals surface area contributed by atoms with Gasteiger partial charge in [-0.25, -0.2) is 0 Å². The van der Waals surface area contributed by atoms with Crippen molar-refractivity contribution in [2.75, 3.05) is 4.90 Å². The Balaban J connectivity index is 1.30. The average Bonchev–Trinajstić information content (AvgIpc) is 3.55. The highest BCUT2D eigenvalue weighted by Crippen LogP contribution is 2.44. The zero-order valence-corrected chi connectivity index (χ0v) is 26.3. The van der Waals surface area contributed by atoms with E-state index in [1.165, 1.54) is 33.0 Å². The van der Waals surface area contributed by atoms with E-state index < -0.39 is 0 Å². The summed E-state index contributed by atoms with van der Waals surface area (Å²) in [6.07, 6.45) is 0. The minimum Gasteiger partial charge on any atom is -0.455 e. The number of nitrogens with zero attached hydrogens (tertiary/aromatic N) is 1. The Morgan fingerprint density at radius 1 is 0.354 bits per heavy atom. The van der Waals surface area contributed by atoms with Gasteiger partial charge in [0.15, 0.2) is 0 Å². The number of benzene rings is 8. The van der Waals surface area contributed by atoms with Crippen molar-refractivity contribution in [2.45, 2.75) is 0 Å². The van der Waals surface area contributed by atoms with Crippen molar-refractivity contribution < 1.29 is 4.42 Å². The fraction of sp³-hybridized carbons (Fsp3) is 0. The van der Waals surface area contributed by atoms with Crippen LogP contribution in [0.15, 0.2) is 192 Å². The van der Waals surface area contributed by atoms with E-state index in [9.17, 15) is 0 Å². The first-order valence-electron chi connectivity index (χ1n) is 16.3. The molecule has 9 aromatic rings. The van der Waals surface area contributed by atoms with Crippen LogP contribution < -0.4 is 4.90 Å². The normalized spacial score (nSPS) is 11.3. The van der Waals surface area contributed by atoms with Crippen LogP contribution in [-0.4, -0.2) is 0 Å². The summed E-state index contributed by atoms with van der Waals surface area (Å²) < 4.78 is 6.48. The maximum Gasteiger partial charge on any atom is 0.143 e. The molecule has 0 bridgehead atoms. The number of furan rings is 1. The van der Waals surface area contributed by atoms with E-state index in [2.05, 4.69) is 181 Å². The monoisotopic (exact) mass is 613 g/mol. The smallest absolute Gasteiger partial charge is 0.143 e. The Hall–Kier alpha value is -6.38. The van der Waals surface area contributed by atoms with E-state index >= 15 is 0 Å². The molecule has 1 heterocycles. The van der Waals surface area contributed by atoms with Crippen LogP contribution in [0.25, 0.3) is 66.1 Å². The highest BCUT2D eigenvalue weighted by Gasteiger charge is 2.19. The number of para-hydroxylation sites is 2. The second-order valence-electron chi connectivity index (χ2n) is 12.2. The fourth-order valence-electron chi connectivity index (χ4n) is 6.95. The van der Waals surface area contributed by atoms with Crippen LogP contribution in [0, 0.1) is 0 Å². The molecule has 48 heavy (non-hydrogen) atoms. The molecule has 0 amide bonds. The van der Waals surface area contributed by atoms with Crippen molar-refractivity contribution in [2.24, 2.45) is 0 Å². The van der Waals surface area contributed by atoms with E-state index in [1.54, 1.807) is 0 Å². The third kappa shape index (κ3) is 4.92. The van der Waals surface area contributed by atoms with E-state index in [1.807, 2.05) is 12.1 Å². The summed E-state index contributed by atoms with van der Waals surface area (Å²) in [6, 6.07) is 67.0. The van der Waals surface area contributed by atoms with Gasteiger partial charge in [0, 0.05) is 33.1 Å². The maximum atomic E-state index is 6.48. The van der Waals surface area contributed by atoms with Crippen LogP contribution >= 0.6 is 0 Å². The first-order chi connectivity index (χ1) is 23.8. The minimum absolute atomic E-state index is 0.902. The summed E-state index contributed by atoms with van der Waals surface area (Å²) in [5.41, 5.74) is 12.0. The van der Waals surface area contributed by atoms with Crippen LogP contribution in [-0.2, 0) is 0 Å². The lowest BCUT2D eigenvalue weighted by atomic mass is 9.96. The molecule has 2 heteroatoms. The van der Waals surface area contributed by atoms with Crippen molar-refractivity contribution in [3.63, 3.8) is 0 Å². The van der Waals surface area contributed by atoms with Crippen LogP contribution in [0.4, 0.5) is 17.1 Å². The Bertz CT molecular complexity index is 2500. The Labute approximate surface area is 279 Å². The van der Waals surface area contributed by atoms with Crippen molar-refractivity contribution in [1.29, 1.82) is 0 Å². The highest BCUT2D eigenvalue weighted by molar-refractivity contribution is 6.10. The van der Waals surface area contributed by atoms with E-state index in [0.29, 0.717) is 0 Å². The zero-order valence-electron chi connectivity index (χ0n) is 26.3. The molecule has 2 nitrogen and oxygen atoms in total. The molecule has 0 spiro atoms. The lowest BCUT2D eigenvalue weighted by molar-refractivity contribution is 0.670. The summed E-state index contributed by atoms with van der Waals surface area (Å²) in [5.74, 6) is 0. The summed E-state index contributed by atoms with van der Waals surface area (Å²) in [6.45, 7) is 0. The quantitative estimate of drug-likeness (QED) is 0.185. The standard InChI is InChI=1S/C46H31NO/c1-3-14-32(15-4-1)36-28-37(33-16-5-2-6-17-33)31-39(30-36)47(44-26-12-19-34-18-7-8-22-40(34)44)38-21-11-20-35(29-38)41-24-13-25-43-42-23-9-10-27-45(42)48-46(41)43/h1-31H. The molecule has 0 aliphatic heterocycles. The van der Waals surface area contributed by atoms with Gasteiger partial charge in [-0.05, 0) is 75.7 Å². The van der Waals surface area contributed by atoms with Gasteiger partial charge in [0.1, 0.15) is 11.2 Å². The second kappa shape index (κ2) is 11.8. The van der Waals surface area contributed by atoms with Gasteiger partial charge in [0.05, 0.1) is 5.69 Å². The molecule has 9 rings (SSSR count). The molecule has 0 aliphatic carbocycles. The number of rotatable bonds is 6. The van der Waals surface area contributed by atoms with Gasteiger partial charge in [-0.3, -0.25) is 0 Å². The molecule has 8 aromatic carbocycles. The number of fused-ring (bicyclic) bond motifs is 4. The molecule has 0 saturated heterocycles. The SMILES string of the molecule is c1ccc(-c2cc(-c3ccccc3)cc(N(c3cccc(-c4cccc5c4oc4ccccc45)c3)c3cccc4ccccc34)c2)cc1. The largest absolute Gasteiger partial charge is 0.455 e. The van der Waals surface area contributed by atoms with Crippen molar-refractivity contribution in [1.82, 2.24) is 0 Å². The third-order valence-electron chi connectivity index (χ3n) is 9.22. The van der Waals surface area contributed by atoms with Gasteiger partial charge in [-0.1, -0.05) is 146 Å². The lowest BCUT2D eigenvalue weighted by Gasteiger charge is -2.28. The molecule has 0 unspecified atom stereocenters. The molecule has 1 aromatic heterocycles. The highest BCUT2D eigenvalue weighted by atomic mass is 16.3. The van der Waals surface area contributed by atoms with E-state index in [-0.39, 0.29) is 0 Å². The van der Waals surface area contributed by atoms with Gasteiger partial charge < -0.3 is 9.32 Å². The molecule has 0 saturated carbocycles. The molecule has 0 radical (unpaired) electrons. The van der Waals surface area contributed by atoms with Crippen molar-refractivity contribution in [3.05, 3.63) is 188 Å². The van der Waals surface area contributed by atoms with Gasteiger partial charge in [0.25, 0.3) is 0 Å². The van der Waals surface area contributed by atoms with Crippen molar-refractivity contribution >= 4 is 49.8 Å². The molecule has 0 atom stereocenters. The van der Waals surface area contributed by atoms with Crippen LogP contribution in [0.2, 0.25) is 0 Å². The van der Waals surface area contributed by atoms with Crippen molar-refractivity contribution in [3.8, 4) is 33.4 Å². The van der Waals surface area contributed by atoms with Crippen LogP contribution in [0.5, 0.6) is 0 Å². The fourth-order valence-corrected chi connectivity index (χ4v) is 6.95. The topological polar surface area (TPSA) is 16.4 Å². The Morgan fingerprint density at radius 3 is 1.69 bits per heavy atom. The molecular formula is C46H31NO. The molecular weight excluding hydrogens is 583 g/mol. The lowest BCUT2D eigenvalue weighted by Crippen LogP contribution is -2.11. The van der Waals surface area contributed by atoms with Gasteiger partial charge in [-0.2, -0.15) is 0 Å². The number of hydrogen-bond acceptors (Lipinski definition) is 2. The van der Waals surface area contributed by atoms with Gasteiger partial charge >= 0.3 is 0 Å². The average molecular weight is 614 g/mol. The second-order valence-corrected chi connectivity index (χ2v) is 12.2. The summed E-state index contributed by atoms with van der Waals surface area (Å²) >= 11 is 0. The van der Waals surface area contributed by atoms with Gasteiger partial charge in [0.2, 0.25) is 0 Å². The minimum atomic E-state index is 0.902. The van der Waals surface area contributed by atoms with E-state index in [4.69, 9.17) is 4.42 Å². The number of anilines is 3. The van der Waals surface area contributed by atoms with Gasteiger partial charge in [-0.15, -0.1) is 0 Å². The molecule has 0 fully saturated rings. The molecule has 0 N–H and O–H groups in total. The first kappa shape index (κ1) is 27.9.